The van der Waals surface area contributed by atoms with Crippen molar-refractivity contribution in [3.8, 4) is 5.75 Å². The molecule has 1 aromatic rings. The van der Waals surface area contributed by atoms with Crippen LogP contribution in [-0.2, 0) is 6.54 Å². The van der Waals surface area contributed by atoms with Crippen molar-refractivity contribution in [2.24, 2.45) is 0 Å². The zero-order chi connectivity index (χ0) is 11.6. The lowest BCUT2D eigenvalue weighted by Gasteiger charge is -2.18. The number of methoxy groups -OCH3 is 1. The number of nitrogens with one attached hydrogen (secondary N) is 1. The van der Waals surface area contributed by atoms with Crippen molar-refractivity contribution >= 4 is 11.6 Å². The molecule has 0 amide bonds. The summed E-state index contributed by atoms with van der Waals surface area (Å²) in [7, 11) is 1.62. The van der Waals surface area contributed by atoms with Gasteiger partial charge in [-0.3, -0.25) is 0 Å². The minimum Gasteiger partial charge on any atom is -0.496 e. The summed E-state index contributed by atoms with van der Waals surface area (Å²) in [5, 5.41) is 9.50. The van der Waals surface area contributed by atoms with Gasteiger partial charge in [-0.1, -0.05) is 11.6 Å². The van der Waals surface area contributed by atoms with Crippen molar-refractivity contribution in [1.29, 1.82) is 0 Å². The highest BCUT2D eigenvalue weighted by Crippen LogP contribution is 2.35. The number of hydrogen-bond donors (Lipinski definition) is 2. The van der Waals surface area contributed by atoms with E-state index in [-0.39, 0.29) is 0 Å². The van der Waals surface area contributed by atoms with E-state index in [1.54, 1.807) is 7.11 Å². The number of rotatable bonds is 3. The molecule has 1 aromatic carbocycles. The first-order chi connectivity index (χ1) is 7.04. The van der Waals surface area contributed by atoms with Gasteiger partial charge in [0.1, 0.15) is 5.75 Å². The zero-order valence-corrected chi connectivity index (χ0v) is 10.2. The van der Waals surface area contributed by atoms with Gasteiger partial charge < -0.3 is 9.94 Å². The summed E-state index contributed by atoms with van der Waals surface area (Å²) in [5.41, 5.74) is 6.01. The van der Waals surface area contributed by atoms with Crippen molar-refractivity contribution in [3.05, 3.63) is 27.3 Å². The molecule has 1 rings (SSSR count). The van der Waals surface area contributed by atoms with E-state index >= 15 is 0 Å². The second kappa shape index (κ2) is 4.84. The van der Waals surface area contributed by atoms with Gasteiger partial charge in [0.2, 0.25) is 0 Å². The first kappa shape index (κ1) is 12.3. The van der Waals surface area contributed by atoms with Gasteiger partial charge >= 0.3 is 0 Å². The maximum atomic E-state index is 8.77. The van der Waals surface area contributed by atoms with Crippen molar-refractivity contribution < 1.29 is 9.94 Å². The molecule has 15 heavy (non-hydrogen) atoms. The Morgan fingerprint density at radius 1 is 1.20 bits per heavy atom. The van der Waals surface area contributed by atoms with E-state index in [4.69, 9.17) is 21.5 Å². The minimum atomic E-state index is 0.329. The lowest BCUT2D eigenvalue weighted by atomic mass is 9.99. The summed E-state index contributed by atoms with van der Waals surface area (Å²) in [6.07, 6.45) is 0. The van der Waals surface area contributed by atoms with Gasteiger partial charge in [0.25, 0.3) is 0 Å². The highest BCUT2D eigenvalue weighted by molar-refractivity contribution is 6.32. The van der Waals surface area contributed by atoms with Crippen molar-refractivity contribution in [2.75, 3.05) is 7.11 Å². The average molecular weight is 230 g/mol. The summed E-state index contributed by atoms with van der Waals surface area (Å²) in [5.74, 6) is 0.788. The predicted octanol–water partition coefficient (Wildman–Crippen LogP) is 2.75. The highest BCUT2D eigenvalue weighted by Gasteiger charge is 2.16. The summed E-state index contributed by atoms with van der Waals surface area (Å²) in [6.45, 7) is 6.17. The van der Waals surface area contributed by atoms with Crippen LogP contribution in [0.4, 0.5) is 0 Å². The molecule has 84 valence electrons. The maximum absolute atomic E-state index is 8.77. The lowest BCUT2D eigenvalue weighted by Crippen LogP contribution is -2.11. The number of ether oxygens (including phenoxy) is 1. The third-order valence-electron chi connectivity index (χ3n) is 2.75. The standard InChI is InChI=1S/C11H16ClNO2/c1-6-7(2)11(15-4)9(5-13-14)8(3)10(6)12/h13-14H,5H2,1-4H3. The highest BCUT2D eigenvalue weighted by atomic mass is 35.5. The first-order valence-corrected chi connectivity index (χ1v) is 5.11. The SMILES string of the molecule is COc1c(C)c(C)c(Cl)c(C)c1CNO. The van der Waals surface area contributed by atoms with Crippen LogP contribution in [0.15, 0.2) is 0 Å². The molecule has 0 aliphatic heterocycles. The minimum absolute atomic E-state index is 0.329. The monoisotopic (exact) mass is 229 g/mol. The van der Waals surface area contributed by atoms with Crippen molar-refractivity contribution in [1.82, 2.24) is 5.48 Å². The first-order valence-electron chi connectivity index (χ1n) is 4.73. The quantitative estimate of drug-likeness (QED) is 0.784. The van der Waals surface area contributed by atoms with E-state index in [9.17, 15) is 0 Å². The van der Waals surface area contributed by atoms with Crippen LogP contribution in [-0.4, -0.2) is 12.3 Å². The Bertz CT molecular complexity index is 378. The van der Waals surface area contributed by atoms with Crippen LogP contribution in [0, 0.1) is 20.8 Å². The van der Waals surface area contributed by atoms with Gasteiger partial charge in [0, 0.05) is 17.1 Å². The molecule has 0 aromatic heterocycles. The van der Waals surface area contributed by atoms with Gasteiger partial charge in [-0.05, 0) is 37.5 Å². The Morgan fingerprint density at radius 3 is 2.27 bits per heavy atom. The lowest BCUT2D eigenvalue weighted by molar-refractivity contribution is 0.160. The Labute approximate surface area is 95.0 Å². The van der Waals surface area contributed by atoms with Crippen molar-refractivity contribution in [3.63, 3.8) is 0 Å². The molecule has 0 spiro atoms. The van der Waals surface area contributed by atoms with Crippen LogP contribution in [0.1, 0.15) is 22.3 Å². The fourth-order valence-electron chi connectivity index (χ4n) is 1.71. The van der Waals surface area contributed by atoms with Gasteiger partial charge in [0.15, 0.2) is 0 Å². The number of hydroxylamine groups is 1. The molecule has 0 heterocycles. The number of benzene rings is 1. The Hall–Kier alpha value is -0.770. The van der Waals surface area contributed by atoms with Gasteiger partial charge in [0.05, 0.1) is 7.11 Å². The molecule has 0 aliphatic rings. The molecule has 0 saturated carbocycles. The fraction of sp³-hybridized carbons (Fsp3) is 0.455. The molecule has 0 bridgehead atoms. The fourth-order valence-corrected chi connectivity index (χ4v) is 1.97. The summed E-state index contributed by atoms with van der Waals surface area (Å²) in [6, 6.07) is 0. The van der Waals surface area contributed by atoms with Crippen LogP contribution < -0.4 is 10.2 Å². The molecule has 4 heteroatoms. The van der Waals surface area contributed by atoms with E-state index in [0.29, 0.717) is 6.54 Å². The molecule has 0 radical (unpaired) electrons. The Kier molecular flexibility index (Phi) is 3.97. The average Bonchev–Trinajstić information content (AvgIpc) is 2.24. The summed E-state index contributed by atoms with van der Waals surface area (Å²) in [4.78, 5) is 0. The van der Waals surface area contributed by atoms with Gasteiger partial charge in [-0.25, -0.2) is 5.48 Å². The third-order valence-corrected chi connectivity index (χ3v) is 3.32. The van der Waals surface area contributed by atoms with E-state index in [2.05, 4.69) is 5.48 Å². The molecule has 0 aliphatic carbocycles. The molecular formula is C11H16ClNO2. The van der Waals surface area contributed by atoms with Gasteiger partial charge in [-0.2, -0.15) is 0 Å². The van der Waals surface area contributed by atoms with Crippen LogP contribution in [0.2, 0.25) is 5.02 Å². The maximum Gasteiger partial charge on any atom is 0.126 e. The van der Waals surface area contributed by atoms with Crippen LogP contribution in [0.5, 0.6) is 5.75 Å². The number of halogens is 1. The van der Waals surface area contributed by atoms with Crippen LogP contribution in [0.3, 0.4) is 0 Å². The van der Waals surface area contributed by atoms with Crippen LogP contribution >= 0.6 is 11.6 Å². The Morgan fingerprint density at radius 2 is 1.80 bits per heavy atom. The largest absolute Gasteiger partial charge is 0.496 e. The topological polar surface area (TPSA) is 41.5 Å². The predicted molar refractivity (Wildman–Crippen MR) is 60.8 cm³/mol. The third kappa shape index (κ3) is 2.09. The molecule has 2 N–H and O–H groups in total. The Balaban J connectivity index is 3.47. The molecule has 0 atom stereocenters. The number of hydrogen-bond acceptors (Lipinski definition) is 3. The molecule has 0 unspecified atom stereocenters. The second-order valence-electron chi connectivity index (χ2n) is 3.54. The van der Waals surface area contributed by atoms with E-state index in [0.717, 1.165) is 33.0 Å². The summed E-state index contributed by atoms with van der Waals surface area (Å²) >= 11 is 6.19. The zero-order valence-electron chi connectivity index (χ0n) is 9.44. The normalized spacial score (nSPS) is 10.5. The molecule has 3 nitrogen and oxygen atoms in total. The smallest absolute Gasteiger partial charge is 0.126 e. The molecular weight excluding hydrogens is 214 g/mol. The van der Waals surface area contributed by atoms with E-state index < -0.39 is 0 Å². The van der Waals surface area contributed by atoms with E-state index in [1.807, 2.05) is 20.8 Å². The van der Waals surface area contributed by atoms with Gasteiger partial charge in [-0.15, -0.1) is 0 Å². The molecule has 0 saturated heterocycles. The summed E-state index contributed by atoms with van der Waals surface area (Å²) < 4.78 is 5.34. The molecule has 0 fully saturated rings. The van der Waals surface area contributed by atoms with E-state index in [1.165, 1.54) is 0 Å². The second-order valence-corrected chi connectivity index (χ2v) is 3.91. The van der Waals surface area contributed by atoms with Crippen LogP contribution in [0.25, 0.3) is 0 Å². The van der Waals surface area contributed by atoms with Crippen molar-refractivity contribution in [2.45, 2.75) is 27.3 Å².